The minimum Gasteiger partial charge on any atom is -0.456 e. The van der Waals surface area contributed by atoms with Crippen LogP contribution in [0.15, 0.2) is 35.2 Å². The molecule has 1 spiro atoms. The fourth-order valence-corrected chi connectivity index (χ4v) is 14.5. The van der Waals surface area contributed by atoms with Crippen molar-refractivity contribution in [3.63, 3.8) is 0 Å². The van der Waals surface area contributed by atoms with Gasteiger partial charge in [-0.25, -0.2) is 13.1 Å². The molecule has 310 valence electrons. The van der Waals surface area contributed by atoms with Crippen molar-refractivity contribution in [1.29, 1.82) is 5.26 Å². The molecule has 0 bridgehead atoms. The summed E-state index contributed by atoms with van der Waals surface area (Å²) in [4.78, 5) is 5.29. The molecule has 0 amide bonds. The van der Waals surface area contributed by atoms with Gasteiger partial charge in [-0.1, -0.05) is 17.7 Å². The van der Waals surface area contributed by atoms with Crippen LogP contribution in [0.4, 0.5) is 11.4 Å². The van der Waals surface area contributed by atoms with Gasteiger partial charge in [-0.05, 0) is 114 Å². The maximum Gasteiger partial charge on any atom is 0.259 e. The van der Waals surface area contributed by atoms with E-state index in [1.807, 2.05) is 12.1 Å². The van der Waals surface area contributed by atoms with Crippen LogP contribution in [0.1, 0.15) is 98.7 Å². The molecule has 6 aliphatic heterocycles. The van der Waals surface area contributed by atoms with E-state index in [1.165, 1.54) is 33.6 Å². The zero-order valence-corrected chi connectivity index (χ0v) is 36.7. The number of hydrogen-bond donors (Lipinski definition) is 0. The highest BCUT2D eigenvalue weighted by Gasteiger charge is 2.61. The lowest BCUT2D eigenvalue weighted by Crippen LogP contribution is -2.49. The summed E-state index contributed by atoms with van der Waals surface area (Å²) in [6.07, 6.45) is 8.11. The summed E-state index contributed by atoms with van der Waals surface area (Å²) in [5.74, 6) is 1.65. The molecule has 6 heterocycles. The number of aryl methyl sites for hydroxylation is 2. The molecule has 0 aromatic heterocycles. The Balaban J connectivity index is 1.13. The van der Waals surface area contributed by atoms with Crippen LogP contribution in [-0.4, -0.2) is 88.6 Å². The van der Waals surface area contributed by atoms with Gasteiger partial charge in [0.2, 0.25) is 10.0 Å². The Kier molecular flexibility index (Phi) is 11.2. The third-order valence-corrected chi connectivity index (χ3v) is 17.0. The Bertz CT molecular complexity index is 2150. The molecule has 3 aromatic carbocycles. The number of hydrogen-bond acceptors (Lipinski definition) is 10. The first kappa shape index (κ1) is 40.4. The Morgan fingerprint density at radius 2 is 1.38 bits per heavy atom. The lowest BCUT2D eigenvalue weighted by molar-refractivity contribution is 0.0755. The largest absolute Gasteiger partial charge is 0.456 e. The Labute approximate surface area is 350 Å². The molecular formula is C44H55ClN5O6PS. The van der Waals surface area contributed by atoms with Crippen molar-refractivity contribution in [2.45, 2.75) is 108 Å². The predicted octanol–water partition coefficient (Wildman–Crippen LogP) is 8.45. The number of nitrogens with zero attached hydrogens (tertiary/aromatic N) is 5. The van der Waals surface area contributed by atoms with Crippen LogP contribution in [0.5, 0.6) is 11.5 Å². The van der Waals surface area contributed by atoms with E-state index in [9.17, 15) is 0 Å². The monoisotopic (exact) mass is 847 g/mol. The number of benzene rings is 3. The van der Waals surface area contributed by atoms with Gasteiger partial charge in [0.1, 0.15) is 17.0 Å². The number of sulfonamides is 1. The van der Waals surface area contributed by atoms with E-state index >= 15 is 8.42 Å². The first-order chi connectivity index (χ1) is 28.1. The fourth-order valence-electron chi connectivity index (χ4n) is 10.7. The van der Waals surface area contributed by atoms with E-state index in [0.29, 0.717) is 5.02 Å². The maximum absolute atomic E-state index is 15.3. The van der Waals surface area contributed by atoms with Gasteiger partial charge >= 0.3 is 0 Å². The van der Waals surface area contributed by atoms with Gasteiger partial charge < -0.3 is 28.3 Å². The molecule has 0 saturated carbocycles. The number of halogens is 1. The van der Waals surface area contributed by atoms with Crippen molar-refractivity contribution in [1.82, 2.24) is 8.98 Å². The second kappa shape index (κ2) is 16.1. The van der Waals surface area contributed by atoms with Crippen molar-refractivity contribution in [3.05, 3.63) is 74.3 Å². The molecule has 0 fully saturated rings. The van der Waals surface area contributed by atoms with Crippen LogP contribution in [0.25, 0.3) is 0 Å². The number of ether oxygens (including phenoxy) is 2. The fraction of sp³-hybridized carbons (Fsp3) is 0.568. The molecule has 11 nitrogen and oxygen atoms in total. The average Bonchev–Trinajstić information content (AvgIpc) is 3.39. The van der Waals surface area contributed by atoms with Crippen LogP contribution in [0.3, 0.4) is 0 Å². The van der Waals surface area contributed by atoms with E-state index in [-0.39, 0.29) is 56.4 Å². The van der Waals surface area contributed by atoms with Gasteiger partial charge in [0.15, 0.2) is 0 Å². The van der Waals surface area contributed by atoms with E-state index in [1.54, 1.807) is 10.4 Å². The molecule has 58 heavy (non-hydrogen) atoms. The standard InChI is InChI=1S/C44H55ClN5O6PS/c1-29(2)50(30(3)4)57(54-22-9-16-46)55-25-24-53-23-21-49-44(36-15-14-33(45)28-39(36)58(49,51)52)37-26-31-10-5-17-47-19-7-12-34(40(31)47)42(37)56-43-35-13-8-20-48-18-6-11-32(41(35)48)27-38(43)44/h14-15,26-30H,5-13,17-25H2,1-4H3. The topological polar surface area (TPSA) is 108 Å². The molecule has 0 radical (unpaired) electrons. The van der Waals surface area contributed by atoms with Gasteiger partial charge in [0.05, 0.1) is 43.8 Å². The molecule has 0 saturated heterocycles. The van der Waals surface area contributed by atoms with Gasteiger partial charge in [0, 0.05) is 89.0 Å². The molecule has 0 N–H and O–H groups in total. The number of anilines is 2. The van der Waals surface area contributed by atoms with E-state index in [4.69, 9.17) is 35.4 Å². The van der Waals surface area contributed by atoms with E-state index in [2.05, 4.69) is 60.4 Å². The Hall–Kier alpha value is -2.98. The van der Waals surface area contributed by atoms with Crippen molar-refractivity contribution in [2.75, 3.05) is 69.0 Å². The van der Waals surface area contributed by atoms with Crippen LogP contribution in [0, 0.1) is 11.3 Å². The summed E-state index contributed by atoms with van der Waals surface area (Å²) < 4.78 is 60.5. The second-order valence-corrected chi connectivity index (χ2v) is 20.6. The molecule has 14 heteroatoms. The predicted molar refractivity (Wildman–Crippen MR) is 228 cm³/mol. The summed E-state index contributed by atoms with van der Waals surface area (Å²) in [5, 5.41) is 9.52. The zero-order valence-electron chi connectivity index (χ0n) is 34.2. The molecule has 9 rings (SSSR count). The highest BCUT2D eigenvalue weighted by Crippen LogP contribution is 2.64. The summed E-state index contributed by atoms with van der Waals surface area (Å²) in [6.45, 7) is 13.6. The van der Waals surface area contributed by atoms with Crippen LogP contribution in [0.2, 0.25) is 5.02 Å². The summed E-state index contributed by atoms with van der Waals surface area (Å²) in [7, 11) is -5.50. The van der Waals surface area contributed by atoms with Crippen molar-refractivity contribution in [3.8, 4) is 17.6 Å². The Morgan fingerprint density at radius 3 is 1.95 bits per heavy atom. The zero-order chi connectivity index (χ0) is 40.3. The van der Waals surface area contributed by atoms with E-state index < -0.39 is 24.1 Å². The molecule has 1 atom stereocenters. The molecule has 0 aliphatic carbocycles. The number of nitriles is 1. The first-order valence-electron chi connectivity index (χ1n) is 21.2. The smallest absolute Gasteiger partial charge is 0.259 e. The lowest BCUT2D eigenvalue weighted by Gasteiger charge is -2.48. The molecule has 6 aliphatic rings. The highest BCUT2D eigenvalue weighted by molar-refractivity contribution is 7.89. The minimum absolute atomic E-state index is 0.113. The highest BCUT2D eigenvalue weighted by atomic mass is 35.5. The van der Waals surface area contributed by atoms with Crippen molar-refractivity contribution >= 4 is 41.5 Å². The van der Waals surface area contributed by atoms with Gasteiger partial charge in [-0.15, -0.1) is 0 Å². The van der Waals surface area contributed by atoms with Crippen molar-refractivity contribution in [2.24, 2.45) is 0 Å². The lowest BCUT2D eigenvalue weighted by atomic mass is 9.70. The third kappa shape index (κ3) is 6.55. The summed E-state index contributed by atoms with van der Waals surface area (Å²) in [5.41, 5.74) is 8.90. The maximum atomic E-state index is 15.3. The SMILES string of the molecule is CC(C)N(C(C)C)P(OCCC#N)OCCOCCN1C2(c3ccc(Cl)cc3S1(=O)=O)c1cc3c4c(c1Oc1c2cc2c5c1CCCN5CCC2)CCCN4CCC3. The Morgan fingerprint density at radius 1 is 0.810 bits per heavy atom. The van der Waals surface area contributed by atoms with Crippen LogP contribution < -0.4 is 14.5 Å². The van der Waals surface area contributed by atoms with Gasteiger partial charge in [0.25, 0.3) is 8.53 Å². The summed E-state index contributed by atoms with van der Waals surface area (Å²) in [6, 6.07) is 12.5. The quantitative estimate of drug-likeness (QED) is 0.123. The number of rotatable bonds is 13. The minimum atomic E-state index is -4.08. The third-order valence-electron chi connectivity index (χ3n) is 12.7. The van der Waals surface area contributed by atoms with Crippen LogP contribution >= 0.6 is 20.1 Å². The van der Waals surface area contributed by atoms with Crippen LogP contribution in [-0.2, 0) is 55.0 Å². The van der Waals surface area contributed by atoms with E-state index in [0.717, 1.165) is 106 Å². The molecule has 3 aromatic rings. The van der Waals surface area contributed by atoms with Gasteiger partial charge in [-0.2, -0.15) is 9.57 Å². The normalized spacial score (nSPS) is 20.1. The van der Waals surface area contributed by atoms with Gasteiger partial charge in [-0.3, -0.25) is 0 Å². The summed E-state index contributed by atoms with van der Waals surface area (Å²) >= 11 is 6.66. The van der Waals surface area contributed by atoms with Crippen molar-refractivity contribution < 1.29 is 26.9 Å². The molecule has 1 unspecified atom stereocenters. The molecular weight excluding hydrogens is 793 g/mol. The number of fused-ring (bicyclic) bond motifs is 8. The average molecular weight is 848 g/mol. The second-order valence-electron chi connectivity index (χ2n) is 16.9. The first-order valence-corrected chi connectivity index (χ1v) is 24.2.